The van der Waals surface area contributed by atoms with Crippen molar-refractivity contribution in [1.82, 2.24) is 9.80 Å². The summed E-state index contributed by atoms with van der Waals surface area (Å²) >= 11 is 0. The number of urea groups is 1. The summed E-state index contributed by atoms with van der Waals surface area (Å²) in [5, 5.41) is 9.59. The maximum absolute atomic E-state index is 12.7. The number of likely N-dealkylation sites (N-methyl/N-ethyl adjacent to an activating group) is 3. The Kier molecular flexibility index (Phi) is 3.15. The average Bonchev–Trinajstić information content (AvgIpc) is 2.56. The number of benzene rings is 1. The Labute approximate surface area is 127 Å². The van der Waals surface area contributed by atoms with Crippen LogP contribution in [0.15, 0.2) is 29.3 Å². The molecule has 2 aliphatic heterocycles. The van der Waals surface area contributed by atoms with Crippen molar-refractivity contribution in [3.05, 3.63) is 24.3 Å². The molecule has 2 heterocycles. The minimum Gasteiger partial charge on any atom is -0.325 e. The standard InChI is InChI=1S/C14H16N4O4/c1-4-18-10-8-6-5-7-9(10)15-11-14(18,22-21)12(19)17(3)13(20)16(11)2/h5-8,21H,4H2,1-3H3. The molecule has 1 aromatic carbocycles. The molecule has 1 fully saturated rings. The normalized spacial score (nSPS) is 24.2. The molecule has 3 rings (SSSR count). The minimum absolute atomic E-state index is 0.0450. The monoisotopic (exact) mass is 304 g/mol. The molecular formula is C14H16N4O4. The summed E-state index contributed by atoms with van der Waals surface area (Å²) in [7, 11) is 2.83. The lowest BCUT2D eigenvalue weighted by atomic mass is 10.0. The number of imide groups is 1. The Balaban J connectivity index is 2.32. The highest BCUT2D eigenvalue weighted by Gasteiger charge is 2.61. The predicted molar refractivity (Wildman–Crippen MR) is 78.9 cm³/mol. The second kappa shape index (κ2) is 4.79. The SMILES string of the molecule is CCN1c2ccccc2N=C2N(C)C(=O)N(C)C(=O)C21OO. The van der Waals surface area contributed by atoms with E-state index in [2.05, 4.69) is 9.88 Å². The van der Waals surface area contributed by atoms with Gasteiger partial charge in [0, 0.05) is 20.6 Å². The summed E-state index contributed by atoms with van der Waals surface area (Å²) in [6.45, 7) is 2.20. The lowest BCUT2D eigenvalue weighted by Crippen LogP contribution is -2.75. The number of para-hydroxylation sites is 2. The van der Waals surface area contributed by atoms with E-state index < -0.39 is 17.7 Å². The van der Waals surface area contributed by atoms with E-state index >= 15 is 0 Å². The average molecular weight is 304 g/mol. The molecule has 1 aromatic rings. The van der Waals surface area contributed by atoms with Crippen molar-refractivity contribution in [3.63, 3.8) is 0 Å². The number of nitrogens with zero attached hydrogens (tertiary/aromatic N) is 4. The van der Waals surface area contributed by atoms with Crippen molar-refractivity contribution < 1.29 is 19.7 Å². The molecule has 0 saturated carbocycles. The van der Waals surface area contributed by atoms with Gasteiger partial charge in [-0.1, -0.05) is 12.1 Å². The van der Waals surface area contributed by atoms with E-state index in [-0.39, 0.29) is 5.84 Å². The fraction of sp³-hybridized carbons (Fsp3) is 0.357. The zero-order valence-electron chi connectivity index (χ0n) is 12.5. The molecule has 116 valence electrons. The molecule has 8 heteroatoms. The summed E-state index contributed by atoms with van der Waals surface area (Å²) in [6, 6.07) is 6.63. The molecule has 0 aliphatic carbocycles. The molecule has 8 nitrogen and oxygen atoms in total. The zero-order chi connectivity index (χ0) is 16.1. The van der Waals surface area contributed by atoms with Crippen LogP contribution in [0.4, 0.5) is 16.2 Å². The molecule has 0 aromatic heterocycles. The van der Waals surface area contributed by atoms with Gasteiger partial charge in [-0.15, -0.1) is 0 Å². The number of carbonyl (C=O) groups excluding carboxylic acids is 2. The molecular weight excluding hydrogens is 288 g/mol. The third kappa shape index (κ3) is 1.56. The number of fused-ring (bicyclic) bond motifs is 2. The number of rotatable bonds is 2. The third-order valence-electron chi connectivity index (χ3n) is 4.02. The van der Waals surface area contributed by atoms with E-state index in [1.54, 1.807) is 23.1 Å². The summed E-state index contributed by atoms with van der Waals surface area (Å²) in [4.78, 5) is 37.6. The van der Waals surface area contributed by atoms with Crippen LogP contribution in [0.2, 0.25) is 0 Å². The lowest BCUT2D eigenvalue weighted by Gasteiger charge is -2.49. The Bertz CT molecular complexity index is 689. The molecule has 3 amide bonds. The number of amidine groups is 1. The van der Waals surface area contributed by atoms with Gasteiger partial charge < -0.3 is 4.90 Å². The molecule has 0 bridgehead atoms. The minimum atomic E-state index is -1.86. The van der Waals surface area contributed by atoms with E-state index in [9.17, 15) is 14.8 Å². The fourth-order valence-electron chi connectivity index (χ4n) is 2.93. The van der Waals surface area contributed by atoms with Crippen LogP contribution in [0, 0.1) is 0 Å². The van der Waals surface area contributed by atoms with Crippen LogP contribution in [-0.2, 0) is 9.68 Å². The Morgan fingerprint density at radius 1 is 1.23 bits per heavy atom. The first-order chi connectivity index (χ1) is 10.5. The van der Waals surface area contributed by atoms with E-state index in [4.69, 9.17) is 0 Å². The van der Waals surface area contributed by atoms with Crippen molar-refractivity contribution in [2.75, 3.05) is 25.5 Å². The van der Waals surface area contributed by atoms with Crippen LogP contribution < -0.4 is 4.90 Å². The summed E-state index contributed by atoms with van der Waals surface area (Å²) < 4.78 is 0. The molecule has 1 saturated heterocycles. The number of hydrogen-bond acceptors (Lipinski definition) is 6. The van der Waals surface area contributed by atoms with Gasteiger partial charge >= 0.3 is 11.8 Å². The molecule has 0 spiro atoms. The van der Waals surface area contributed by atoms with E-state index in [1.807, 2.05) is 13.0 Å². The molecule has 2 aliphatic rings. The smallest absolute Gasteiger partial charge is 0.325 e. The third-order valence-corrected chi connectivity index (χ3v) is 4.02. The van der Waals surface area contributed by atoms with Gasteiger partial charge in [0.05, 0.1) is 11.4 Å². The Morgan fingerprint density at radius 2 is 1.91 bits per heavy atom. The van der Waals surface area contributed by atoms with Crippen LogP contribution in [0.5, 0.6) is 0 Å². The quantitative estimate of drug-likeness (QED) is 0.657. The number of carbonyl (C=O) groups is 2. The maximum atomic E-state index is 12.7. The van der Waals surface area contributed by atoms with Crippen molar-refractivity contribution in [1.29, 1.82) is 0 Å². The Hall–Kier alpha value is -2.45. The Morgan fingerprint density at radius 3 is 2.55 bits per heavy atom. The molecule has 1 N–H and O–H groups in total. The first kappa shape index (κ1) is 14.5. The lowest BCUT2D eigenvalue weighted by molar-refractivity contribution is -0.295. The van der Waals surface area contributed by atoms with Crippen molar-refractivity contribution in [2.45, 2.75) is 12.6 Å². The highest BCUT2D eigenvalue weighted by Crippen LogP contribution is 2.42. The number of anilines is 1. The first-order valence-electron chi connectivity index (χ1n) is 6.83. The van der Waals surface area contributed by atoms with E-state index in [0.29, 0.717) is 17.9 Å². The van der Waals surface area contributed by atoms with Gasteiger partial charge in [0.2, 0.25) is 0 Å². The molecule has 0 radical (unpaired) electrons. The maximum Gasteiger partial charge on any atom is 0.331 e. The number of hydrogen-bond donors (Lipinski definition) is 1. The summed E-state index contributed by atoms with van der Waals surface area (Å²) in [5.74, 6) is -0.642. The van der Waals surface area contributed by atoms with Crippen LogP contribution in [0.1, 0.15) is 6.92 Å². The highest BCUT2D eigenvalue weighted by atomic mass is 17.1. The van der Waals surface area contributed by atoms with Gasteiger partial charge in [-0.05, 0) is 19.1 Å². The molecule has 22 heavy (non-hydrogen) atoms. The molecule has 1 atom stereocenters. The van der Waals surface area contributed by atoms with Crippen LogP contribution in [0.3, 0.4) is 0 Å². The summed E-state index contributed by atoms with van der Waals surface area (Å²) in [6.07, 6.45) is 0. The van der Waals surface area contributed by atoms with Gasteiger partial charge in [0.1, 0.15) is 0 Å². The van der Waals surface area contributed by atoms with Crippen molar-refractivity contribution in [2.24, 2.45) is 4.99 Å². The van der Waals surface area contributed by atoms with Crippen LogP contribution >= 0.6 is 0 Å². The first-order valence-corrected chi connectivity index (χ1v) is 6.83. The number of aliphatic imine (C=N–C) groups is 1. The second-order valence-corrected chi connectivity index (χ2v) is 5.11. The molecule has 1 unspecified atom stereocenters. The van der Waals surface area contributed by atoms with Gasteiger partial charge in [0.15, 0.2) is 5.84 Å². The van der Waals surface area contributed by atoms with E-state index in [0.717, 1.165) is 4.90 Å². The van der Waals surface area contributed by atoms with Gasteiger partial charge in [-0.2, -0.15) is 4.89 Å². The van der Waals surface area contributed by atoms with Crippen LogP contribution in [0.25, 0.3) is 0 Å². The van der Waals surface area contributed by atoms with Gasteiger partial charge in [-0.3, -0.25) is 14.6 Å². The van der Waals surface area contributed by atoms with E-state index in [1.165, 1.54) is 19.0 Å². The topological polar surface area (TPSA) is 85.7 Å². The van der Waals surface area contributed by atoms with Crippen molar-refractivity contribution in [3.8, 4) is 0 Å². The van der Waals surface area contributed by atoms with Crippen molar-refractivity contribution >= 4 is 29.1 Å². The number of amides is 3. The summed E-state index contributed by atoms with van der Waals surface area (Å²) in [5.41, 5.74) is -0.614. The van der Waals surface area contributed by atoms with Gasteiger partial charge in [-0.25, -0.2) is 15.0 Å². The largest absolute Gasteiger partial charge is 0.331 e. The second-order valence-electron chi connectivity index (χ2n) is 5.11. The predicted octanol–water partition coefficient (Wildman–Crippen LogP) is 1.27. The van der Waals surface area contributed by atoms with Gasteiger partial charge in [0.25, 0.3) is 5.91 Å². The van der Waals surface area contributed by atoms with Crippen LogP contribution in [-0.4, -0.2) is 59.2 Å². The fourth-order valence-corrected chi connectivity index (χ4v) is 2.93. The highest BCUT2D eigenvalue weighted by molar-refractivity contribution is 6.26. The zero-order valence-corrected chi connectivity index (χ0v) is 12.5.